The fourth-order valence-corrected chi connectivity index (χ4v) is 14.7. The highest BCUT2D eigenvalue weighted by atomic mass is 16.3. The van der Waals surface area contributed by atoms with Gasteiger partial charge < -0.3 is 18.6 Å². The molecule has 14 aromatic carbocycles. The number of aryl methyl sites for hydroxylation is 3. The maximum atomic E-state index is 7.72. The summed E-state index contributed by atoms with van der Waals surface area (Å²) < 4.78 is 15.3. The Balaban J connectivity index is 1.05. The Morgan fingerprint density at radius 1 is 0.261 bits per heavy atom. The van der Waals surface area contributed by atoms with Gasteiger partial charge in [0.2, 0.25) is 0 Å². The topological polar surface area (TPSA) is 32.8 Å². The maximum absolute atomic E-state index is 7.72. The van der Waals surface area contributed by atoms with E-state index in [-0.39, 0.29) is 0 Å². The molecule has 0 aliphatic heterocycles. The van der Waals surface area contributed by atoms with Gasteiger partial charge in [-0.1, -0.05) is 267 Å². The fourth-order valence-electron chi connectivity index (χ4n) is 14.7. The van der Waals surface area contributed by atoms with Gasteiger partial charge in [0.15, 0.2) is 5.58 Å². The lowest BCUT2D eigenvalue weighted by atomic mass is 9.67. The highest BCUT2D eigenvalue weighted by Gasteiger charge is 2.50. The Labute approximate surface area is 535 Å². The Morgan fingerprint density at radius 3 is 1.11 bits per heavy atom. The molecular formula is C88H62N2O2. The van der Waals surface area contributed by atoms with E-state index in [1.165, 1.54) is 0 Å². The van der Waals surface area contributed by atoms with E-state index in [0.717, 1.165) is 173 Å². The van der Waals surface area contributed by atoms with Gasteiger partial charge in [-0.15, -0.1) is 0 Å². The summed E-state index contributed by atoms with van der Waals surface area (Å²) in [7, 11) is 0. The quantitative estimate of drug-likeness (QED) is 0.122. The SMILES string of the molecule is Cc1ccc(-c2ccccc2)cc1N(c1cc(-c2ccccc2)ccc1C)c1cc2c(c3c1oc1ccccc13)-c1c(cc(N(c3cccc(-c4ccccc4)c3)c3cc(-c4ccccc4)ccc3C)c3c1oc1ccccc13)C2(c1ccccc1)c1ccccc1. The molecule has 0 fully saturated rings. The molecule has 1 aliphatic carbocycles. The van der Waals surface area contributed by atoms with Crippen LogP contribution in [0.4, 0.5) is 34.1 Å². The summed E-state index contributed by atoms with van der Waals surface area (Å²) >= 11 is 0. The van der Waals surface area contributed by atoms with E-state index in [2.05, 4.69) is 352 Å². The van der Waals surface area contributed by atoms with Crippen LogP contribution in [0.5, 0.6) is 0 Å². The van der Waals surface area contributed by atoms with Crippen molar-refractivity contribution in [3.05, 3.63) is 360 Å². The molecule has 4 heteroatoms. The molecule has 0 saturated heterocycles. The maximum Gasteiger partial charge on any atom is 0.160 e. The molecule has 2 aromatic heterocycles. The van der Waals surface area contributed by atoms with Crippen molar-refractivity contribution in [2.45, 2.75) is 26.2 Å². The van der Waals surface area contributed by atoms with E-state index in [0.29, 0.717) is 0 Å². The normalized spacial score (nSPS) is 12.4. The molecule has 436 valence electrons. The first-order valence-corrected chi connectivity index (χ1v) is 31.7. The lowest BCUT2D eigenvalue weighted by molar-refractivity contribution is 0.668. The smallest absolute Gasteiger partial charge is 0.160 e. The Hall–Kier alpha value is -11.7. The summed E-state index contributed by atoms with van der Waals surface area (Å²) in [5.41, 5.74) is 27.4. The van der Waals surface area contributed by atoms with Gasteiger partial charge in [0, 0.05) is 50.0 Å². The number of benzene rings is 14. The van der Waals surface area contributed by atoms with Crippen LogP contribution in [0.1, 0.15) is 38.9 Å². The van der Waals surface area contributed by atoms with Crippen molar-refractivity contribution >= 4 is 78.0 Å². The largest absolute Gasteiger partial charge is 0.455 e. The Kier molecular flexibility index (Phi) is 13.1. The molecule has 17 rings (SSSR count). The summed E-state index contributed by atoms with van der Waals surface area (Å²) in [6, 6.07) is 117. The van der Waals surface area contributed by atoms with Crippen LogP contribution in [0.15, 0.2) is 330 Å². The second kappa shape index (κ2) is 22.1. The molecule has 0 bridgehead atoms. The van der Waals surface area contributed by atoms with Crippen molar-refractivity contribution in [3.63, 3.8) is 0 Å². The zero-order valence-corrected chi connectivity index (χ0v) is 51.3. The number of nitrogens with zero attached hydrogens (tertiary/aromatic N) is 2. The third-order valence-electron chi connectivity index (χ3n) is 19.1. The van der Waals surface area contributed by atoms with Crippen molar-refractivity contribution < 1.29 is 8.83 Å². The van der Waals surface area contributed by atoms with Crippen molar-refractivity contribution in [1.29, 1.82) is 0 Å². The van der Waals surface area contributed by atoms with Gasteiger partial charge in [0.1, 0.15) is 16.7 Å². The van der Waals surface area contributed by atoms with Gasteiger partial charge in [0.05, 0.1) is 22.2 Å². The number of furan rings is 2. The molecule has 1 aliphatic rings. The van der Waals surface area contributed by atoms with Crippen LogP contribution < -0.4 is 9.80 Å². The van der Waals surface area contributed by atoms with Crippen LogP contribution in [0.3, 0.4) is 0 Å². The first kappa shape index (κ1) is 54.4. The first-order valence-electron chi connectivity index (χ1n) is 31.7. The number of rotatable bonds is 12. The minimum Gasteiger partial charge on any atom is -0.455 e. The van der Waals surface area contributed by atoms with Crippen molar-refractivity contribution in [2.24, 2.45) is 0 Å². The van der Waals surface area contributed by atoms with Crippen LogP contribution in [0, 0.1) is 20.8 Å². The minimum atomic E-state index is -0.970. The number of hydrogen-bond donors (Lipinski definition) is 0. The van der Waals surface area contributed by atoms with Gasteiger partial charge in [-0.2, -0.15) is 0 Å². The number of fused-ring (bicyclic) bond motifs is 11. The van der Waals surface area contributed by atoms with Crippen LogP contribution in [-0.2, 0) is 5.41 Å². The zero-order chi connectivity index (χ0) is 61.4. The summed E-state index contributed by atoms with van der Waals surface area (Å²) in [6.07, 6.45) is 0. The van der Waals surface area contributed by atoms with Gasteiger partial charge in [-0.05, 0) is 159 Å². The summed E-state index contributed by atoms with van der Waals surface area (Å²) in [5.74, 6) is 0. The second-order valence-electron chi connectivity index (χ2n) is 24.4. The number of anilines is 6. The second-order valence-corrected chi connectivity index (χ2v) is 24.4. The Morgan fingerprint density at radius 2 is 0.630 bits per heavy atom. The van der Waals surface area contributed by atoms with Crippen molar-refractivity contribution in [2.75, 3.05) is 9.80 Å². The standard InChI is InChI=1S/C88H62N2O2/c1-57-45-48-65(61-29-12-5-13-30-61)52-75(57)89(70-40-26-35-64(51-70)60-27-10-4-11-28-60)78-55-74-85(87-82(78)71-41-22-24-43-80(71)92-87)84-73(88(74,68-36-18-8-19-37-68)69-38-20-9-21-39-69)56-79(86-83(84)72-42-23-25-44-81(72)91-86)90(76-53-66(49-46-58(76)2)62-31-14-6-15-32-62)77-54-67(50-47-59(77)3)63-33-16-7-17-34-63/h4-56H,1-3H3. The van der Waals surface area contributed by atoms with Crippen molar-refractivity contribution in [1.82, 2.24) is 0 Å². The lowest BCUT2D eigenvalue weighted by Gasteiger charge is -2.36. The highest BCUT2D eigenvalue weighted by molar-refractivity contribution is 6.26. The first-order chi connectivity index (χ1) is 45.4. The number of para-hydroxylation sites is 2. The average molecular weight is 1180 g/mol. The highest BCUT2D eigenvalue weighted by Crippen LogP contribution is 2.65. The molecule has 4 nitrogen and oxygen atoms in total. The van der Waals surface area contributed by atoms with Crippen LogP contribution >= 0.6 is 0 Å². The molecule has 0 radical (unpaired) electrons. The molecule has 92 heavy (non-hydrogen) atoms. The number of hydrogen-bond acceptors (Lipinski definition) is 4. The molecule has 0 amide bonds. The summed E-state index contributed by atoms with van der Waals surface area (Å²) in [4.78, 5) is 5.02. The van der Waals surface area contributed by atoms with E-state index < -0.39 is 5.41 Å². The van der Waals surface area contributed by atoms with Crippen LogP contribution in [0.25, 0.3) is 99.5 Å². The molecule has 2 heterocycles. The van der Waals surface area contributed by atoms with E-state index in [1.54, 1.807) is 0 Å². The molecular weight excluding hydrogens is 1120 g/mol. The van der Waals surface area contributed by atoms with Gasteiger partial charge in [0.25, 0.3) is 0 Å². The minimum absolute atomic E-state index is 0.780. The summed E-state index contributed by atoms with van der Waals surface area (Å²) in [6.45, 7) is 6.72. The lowest BCUT2D eigenvalue weighted by Crippen LogP contribution is -2.29. The fraction of sp³-hybridized carbons (Fsp3) is 0.0455. The monoisotopic (exact) mass is 1180 g/mol. The molecule has 16 aromatic rings. The summed E-state index contributed by atoms with van der Waals surface area (Å²) in [5, 5.41) is 4.09. The zero-order valence-electron chi connectivity index (χ0n) is 51.3. The molecule has 0 unspecified atom stereocenters. The molecule has 0 atom stereocenters. The molecule has 0 N–H and O–H groups in total. The van der Waals surface area contributed by atoms with Crippen LogP contribution in [-0.4, -0.2) is 0 Å². The van der Waals surface area contributed by atoms with E-state index >= 15 is 0 Å². The third kappa shape index (κ3) is 8.74. The van der Waals surface area contributed by atoms with E-state index in [9.17, 15) is 0 Å². The predicted molar refractivity (Wildman–Crippen MR) is 384 cm³/mol. The molecule has 0 spiro atoms. The van der Waals surface area contributed by atoms with Gasteiger partial charge in [-0.25, -0.2) is 0 Å². The van der Waals surface area contributed by atoms with E-state index in [4.69, 9.17) is 8.83 Å². The van der Waals surface area contributed by atoms with Crippen molar-refractivity contribution in [3.8, 4) is 55.6 Å². The van der Waals surface area contributed by atoms with Gasteiger partial charge in [-0.3, -0.25) is 0 Å². The Bertz CT molecular complexity index is 5350. The van der Waals surface area contributed by atoms with Gasteiger partial charge >= 0.3 is 0 Å². The molecule has 0 saturated carbocycles. The predicted octanol–water partition coefficient (Wildman–Crippen LogP) is 24.4. The van der Waals surface area contributed by atoms with E-state index in [1.807, 2.05) is 0 Å². The third-order valence-corrected chi connectivity index (χ3v) is 19.1. The average Bonchev–Trinajstić information content (AvgIpc) is 1.50. The van der Waals surface area contributed by atoms with Crippen LogP contribution in [0.2, 0.25) is 0 Å².